The molecule has 0 unspecified atom stereocenters. The minimum absolute atomic E-state index is 0.113. The van der Waals surface area contributed by atoms with Crippen molar-refractivity contribution in [1.82, 2.24) is 4.90 Å². The van der Waals surface area contributed by atoms with Crippen LogP contribution in [0.3, 0.4) is 0 Å². The van der Waals surface area contributed by atoms with Gasteiger partial charge in [-0.1, -0.05) is 18.2 Å². The molecule has 3 aliphatic rings. The largest absolute Gasteiger partial charge is 0.347 e. The maximum absolute atomic E-state index is 13.1. The summed E-state index contributed by atoms with van der Waals surface area (Å²) >= 11 is 0. The van der Waals surface area contributed by atoms with Gasteiger partial charge in [-0.15, -0.1) is 0 Å². The van der Waals surface area contributed by atoms with E-state index < -0.39 is 36.8 Å². The molecule has 3 saturated heterocycles. The van der Waals surface area contributed by atoms with Gasteiger partial charge in [0.25, 0.3) is 0 Å². The molecule has 144 valence electrons. The van der Waals surface area contributed by atoms with Gasteiger partial charge in [0.2, 0.25) is 0 Å². The summed E-state index contributed by atoms with van der Waals surface area (Å²) in [6.07, 6.45) is 1.25. The van der Waals surface area contributed by atoms with E-state index >= 15 is 0 Å². The van der Waals surface area contributed by atoms with Crippen molar-refractivity contribution in [2.75, 3.05) is 37.8 Å². The third-order valence-corrected chi connectivity index (χ3v) is 9.72. The Hall–Kier alpha value is -1.00. The second-order valence-electron chi connectivity index (χ2n) is 7.18. The molecule has 3 heterocycles. The Labute approximate surface area is 154 Å². The van der Waals surface area contributed by atoms with Crippen molar-refractivity contribution in [3.05, 3.63) is 30.3 Å². The zero-order chi connectivity index (χ0) is 18.4. The molecule has 1 spiro atoms. The number of hydrogen-bond donors (Lipinski definition) is 0. The maximum atomic E-state index is 13.1. The predicted molar refractivity (Wildman–Crippen MR) is 95.3 cm³/mol. The van der Waals surface area contributed by atoms with Gasteiger partial charge in [-0.2, -0.15) is 0 Å². The monoisotopic (exact) mass is 401 g/mol. The van der Waals surface area contributed by atoms with Crippen LogP contribution in [0.4, 0.5) is 0 Å². The van der Waals surface area contributed by atoms with E-state index in [0.29, 0.717) is 39.1 Å². The van der Waals surface area contributed by atoms with Crippen molar-refractivity contribution in [2.45, 2.75) is 34.8 Å². The first kappa shape index (κ1) is 18.4. The normalized spacial score (nSPS) is 31.4. The van der Waals surface area contributed by atoms with Gasteiger partial charge in [-0.05, 0) is 12.1 Å². The zero-order valence-corrected chi connectivity index (χ0v) is 16.0. The van der Waals surface area contributed by atoms with Crippen molar-refractivity contribution in [3.63, 3.8) is 0 Å². The Morgan fingerprint density at radius 3 is 2.23 bits per heavy atom. The number of nitrogens with zero attached hydrogens (tertiary/aromatic N) is 1. The van der Waals surface area contributed by atoms with Gasteiger partial charge < -0.3 is 9.47 Å². The summed E-state index contributed by atoms with van der Waals surface area (Å²) in [5.41, 5.74) is 0. The van der Waals surface area contributed by atoms with E-state index in [1.165, 1.54) is 12.1 Å². The Morgan fingerprint density at radius 2 is 1.62 bits per heavy atom. The van der Waals surface area contributed by atoms with Crippen molar-refractivity contribution in [1.29, 1.82) is 0 Å². The van der Waals surface area contributed by atoms with Gasteiger partial charge in [-0.3, -0.25) is 4.90 Å². The lowest BCUT2D eigenvalue weighted by Crippen LogP contribution is -2.53. The van der Waals surface area contributed by atoms with Crippen LogP contribution in [-0.2, 0) is 29.1 Å². The molecule has 0 aromatic heterocycles. The molecule has 0 amide bonds. The highest BCUT2D eigenvalue weighted by atomic mass is 32.2. The minimum Gasteiger partial charge on any atom is -0.347 e. The van der Waals surface area contributed by atoms with Crippen molar-refractivity contribution < 1.29 is 26.3 Å². The van der Waals surface area contributed by atoms with Crippen LogP contribution in [0.25, 0.3) is 0 Å². The molecule has 0 aliphatic carbocycles. The highest BCUT2D eigenvalue weighted by molar-refractivity contribution is 7.96. The highest BCUT2D eigenvalue weighted by Crippen LogP contribution is 2.35. The van der Waals surface area contributed by atoms with Crippen LogP contribution >= 0.6 is 0 Å². The van der Waals surface area contributed by atoms with Gasteiger partial charge in [-0.25, -0.2) is 16.8 Å². The number of ether oxygens (including phenoxy) is 2. The third kappa shape index (κ3) is 3.31. The Balaban J connectivity index is 1.58. The molecule has 0 bridgehead atoms. The lowest BCUT2D eigenvalue weighted by Gasteiger charge is -2.41. The minimum atomic E-state index is -3.72. The van der Waals surface area contributed by atoms with E-state index in [1.807, 2.05) is 4.90 Å². The molecule has 3 aliphatic heterocycles. The first-order valence-electron chi connectivity index (χ1n) is 8.83. The van der Waals surface area contributed by atoms with Gasteiger partial charge in [0.05, 0.1) is 34.9 Å². The summed E-state index contributed by atoms with van der Waals surface area (Å²) in [5.74, 6) is -0.996. The summed E-state index contributed by atoms with van der Waals surface area (Å²) < 4.78 is 62.2. The van der Waals surface area contributed by atoms with Gasteiger partial charge in [0, 0.05) is 32.0 Å². The Morgan fingerprint density at radius 1 is 1.00 bits per heavy atom. The van der Waals surface area contributed by atoms with Crippen LogP contribution < -0.4 is 0 Å². The molecule has 7 nitrogen and oxygen atoms in total. The second-order valence-corrected chi connectivity index (χ2v) is 11.5. The first-order chi connectivity index (χ1) is 12.3. The lowest BCUT2D eigenvalue weighted by atomic mass is 10.0. The number of rotatable bonds is 3. The molecule has 2 atom stereocenters. The van der Waals surface area contributed by atoms with Gasteiger partial charge in [0.1, 0.15) is 0 Å². The fourth-order valence-corrected chi connectivity index (χ4v) is 9.05. The second kappa shape index (κ2) is 6.56. The van der Waals surface area contributed by atoms with Crippen LogP contribution in [-0.4, -0.2) is 76.6 Å². The number of piperidine rings is 1. The number of likely N-dealkylation sites (tertiary alicyclic amines) is 1. The van der Waals surface area contributed by atoms with Gasteiger partial charge in [0.15, 0.2) is 25.5 Å². The Bertz CT molecular complexity index is 852. The number of hydrogen-bond acceptors (Lipinski definition) is 7. The van der Waals surface area contributed by atoms with Crippen LogP contribution in [0.15, 0.2) is 35.2 Å². The van der Waals surface area contributed by atoms with Crippen LogP contribution in [0.1, 0.15) is 12.8 Å². The summed E-state index contributed by atoms with van der Waals surface area (Å²) in [5, 5.41) is -0.936. The fraction of sp³-hybridized carbons (Fsp3) is 0.647. The number of benzene rings is 1. The fourth-order valence-electron chi connectivity index (χ4n) is 4.20. The van der Waals surface area contributed by atoms with E-state index in [9.17, 15) is 16.8 Å². The van der Waals surface area contributed by atoms with Crippen LogP contribution in [0.5, 0.6) is 0 Å². The topological polar surface area (TPSA) is 90.0 Å². The molecule has 1 aromatic rings. The molecule has 26 heavy (non-hydrogen) atoms. The predicted octanol–water partition coefficient (Wildman–Crippen LogP) is 0.465. The van der Waals surface area contributed by atoms with E-state index in [4.69, 9.17) is 9.47 Å². The average Bonchev–Trinajstić information content (AvgIpc) is 3.21. The molecule has 1 aromatic carbocycles. The van der Waals surface area contributed by atoms with Crippen molar-refractivity contribution >= 4 is 19.7 Å². The zero-order valence-electron chi connectivity index (χ0n) is 14.4. The van der Waals surface area contributed by atoms with E-state index in [2.05, 4.69) is 0 Å². The molecule has 4 rings (SSSR count). The quantitative estimate of drug-likeness (QED) is 0.727. The molecule has 0 N–H and O–H groups in total. The smallest absolute Gasteiger partial charge is 0.183 e. The summed E-state index contributed by atoms with van der Waals surface area (Å²) in [7, 11) is -7.12. The first-order valence-corrected chi connectivity index (χ1v) is 12.2. The molecular weight excluding hydrogens is 378 g/mol. The summed E-state index contributed by atoms with van der Waals surface area (Å²) in [6.45, 7) is 2.29. The highest BCUT2D eigenvalue weighted by Gasteiger charge is 2.50. The van der Waals surface area contributed by atoms with Crippen LogP contribution in [0, 0.1) is 0 Å². The average molecular weight is 402 g/mol. The Kier molecular flexibility index (Phi) is 4.63. The summed E-state index contributed by atoms with van der Waals surface area (Å²) in [6, 6.07) is 7.60. The SMILES string of the molecule is O=S1(=O)C[C@H](N2CCC3(CC2)OCCO3)[C@@H](S(=O)(=O)c2ccccc2)C1. The molecular formula is C17H23NO6S2. The van der Waals surface area contributed by atoms with E-state index in [1.54, 1.807) is 18.2 Å². The standard InChI is InChI=1S/C17H23NO6S2/c19-25(20)12-15(18-8-6-17(7-9-18)23-10-11-24-17)16(13-25)26(21,22)14-4-2-1-3-5-14/h1-5,15-16H,6-13H2/t15-,16-/m0/s1. The van der Waals surface area contributed by atoms with Gasteiger partial charge >= 0.3 is 0 Å². The lowest BCUT2D eigenvalue weighted by molar-refractivity contribution is -0.187. The van der Waals surface area contributed by atoms with Crippen molar-refractivity contribution in [2.24, 2.45) is 0 Å². The maximum Gasteiger partial charge on any atom is 0.183 e. The molecule has 0 radical (unpaired) electrons. The summed E-state index contributed by atoms with van der Waals surface area (Å²) in [4.78, 5) is 2.18. The van der Waals surface area contributed by atoms with Crippen molar-refractivity contribution in [3.8, 4) is 0 Å². The van der Waals surface area contributed by atoms with E-state index in [0.717, 1.165) is 0 Å². The number of sulfone groups is 2. The molecule has 3 fully saturated rings. The molecule has 9 heteroatoms. The third-order valence-electron chi connectivity index (χ3n) is 5.58. The molecule has 0 saturated carbocycles. The van der Waals surface area contributed by atoms with E-state index in [-0.39, 0.29) is 16.4 Å². The van der Waals surface area contributed by atoms with Crippen LogP contribution in [0.2, 0.25) is 0 Å².